The van der Waals surface area contributed by atoms with Gasteiger partial charge in [0, 0.05) is 24.0 Å². The Kier molecular flexibility index (Phi) is 2.49. The Morgan fingerprint density at radius 2 is 2.23 bits per heavy atom. The fourth-order valence-electron chi connectivity index (χ4n) is 1.65. The molecule has 1 aromatic heterocycles. The van der Waals surface area contributed by atoms with E-state index in [0.29, 0.717) is 5.56 Å². The van der Waals surface area contributed by atoms with Crippen molar-refractivity contribution in [1.29, 1.82) is 0 Å². The summed E-state index contributed by atoms with van der Waals surface area (Å²) >= 11 is 0. The third kappa shape index (κ3) is 1.83. The molecular formula is C9H12FN3. The molecule has 4 heteroatoms. The summed E-state index contributed by atoms with van der Waals surface area (Å²) < 4.78 is 13.7. The van der Waals surface area contributed by atoms with Crippen molar-refractivity contribution in [2.45, 2.75) is 25.1 Å². The highest BCUT2D eigenvalue weighted by atomic mass is 19.1. The van der Waals surface area contributed by atoms with Crippen LogP contribution in [0.1, 0.15) is 24.6 Å². The number of hydrogen-bond donors (Lipinski definition) is 1. The van der Waals surface area contributed by atoms with Gasteiger partial charge in [-0.25, -0.2) is 14.4 Å². The third-order valence-electron chi connectivity index (χ3n) is 2.35. The lowest BCUT2D eigenvalue weighted by Gasteiger charge is -2.14. The Bertz CT molecular complexity index is 259. The number of aromatic nitrogens is 2. The molecule has 2 heterocycles. The number of halogens is 1. The molecule has 0 aromatic carbocycles. The lowest BCUT2D eigenvalue weighted by Crippen LogP contribution is -2.26. The van der Waals surface area contributed by atoms with E-state index in [0.717, 1.165) is 19.4 Å². The molecule has 0 bridgehead atoms. The quantitative estimate of drug-likeness (QED) is 0.746. The first-order chi connectivity index (χ1) is 6.38. The maximum absolute atomic E-state index is 13.7. The normalized spacial score (nSPS) is 24.5. The van der Waals surface area contributed by atoms with Gasteiger partial charge in [-0.05, 0) is 19.4 Å². The molecule has 2 rings (SSSR count). The number of alkyl halides is 1. The Labute approximate surface area is 76.4 Å². The molecule has 1 aliphatic rings. The van der Waals surface area contributed by atoms with Gasteiger partial charge in [-0.1, -0.05) is 0 Å². The van der Waals surface area contributed by atoms with Gasteiger partial charge < -0.3 is 5.32 Å². The summed E-state index contributed by atoms with van der Waals surface area (Å²) in [4.78, 5) is 7.60. The predicted molar refractivity (Wildman–Crippen MR) is 46.9 cm³/mol. The lowest BCUT2D eigenvalue weighted by molar-refractivity contribution is 0.270. The van der Waals surface area contributed by atoms with Crippen LogP contribution in [0.4, 0.5) is 4.39 Å². The molecule has 1 aromatic rings. The maximum Gasteiger partial charge on any atom is 0.143 e. The second-order valence-electron chi connectivity index (χ2n) is 3.28. The standard InChI is InChI=1S/C9H12FN3/c10-9(8-2-1-3-13-8)7-4-11-6-12-5-7/h4-6,8-9,13H,1-3H2. The summed E-state index contributed by atoms with van der Waals surface area (Å²) in [5.74, 6) is 0. The zero-order chi connectivity index (χ0) is 9.10. The summed E-state index contributed by atoms with van der Waals surface area (Å²) in [6.45, 7) is 0.915. The van der Waals surface area contributed by atoms with Gasteiger partial charge in [-0.2, -0.15) is 0 Å². The highest BCUT2D eigenvalue weighted by Crippen LogP contribution is 2.25. The molecule has 2 atom stereocenters. The molecule has 1 aliphatic heterocycles. The first-order valence-electron chi connectivity index (χ1n) is 4.50. The molecule has 0 saturated carbocycles. The lowest BCUT2D eigenvalue weighted by atomic mass is 10.1. The molecule has 1 fully saturated rings. The van der Waals surface area contributed by atoms with Crippen molar-refractivity contribution in [2.24, 2.45) is 0 Å². The van der Waals surface area contributed by atoms with E-state index in [1.54, 1.807) is 0 Å². The first kappa shape index (κ1) is 8.56. The zero-order valence-electron chi connectivity index (χ0n) is 7.28. The van der Waals surface area contributed by atoms with Crippen molar-refractivity contribution in [1.82, 2.24) is 15.3 Å². The minimum Gasteiger partial charge on any atom is -0.311 e. The molecule has 2 unspecified atom stereocenters. The van der Waals surface area contributed by atoms with E-state index >= 15 is 0 Å². The van der Waals surface area contributed by atoms with Crippen molar-refractivity contribution in [3.8, 4) is 0 Å². The second-order valence-corrected chi connectivity index (χ2v) is 3.28. The topological polar surface area (TPSA) is 37.8 Å². The average Bonchev–Trinajstić information content (AvgIpc) is 2.71. The highest BCUT2D eigenvalue weighted by Gasteiger charge is 2.25. The van der Waals surface area contributed by atoms with Gasteiger partial charge in [-0.3, -0.25) is 0 Å². The van der Waals surface area contributed by atoms with E-state index in [2.05, 4.69) is 15.3 Å². The van der Waals surface area contributed by atoms with E-state index in [4.69, 9.17) is 0 Å². The molecule has 0 amide bonds. The number of nitrogens with zero attached hydrogens (tertiary/aromatic N) is 2. The summed E-state index contributed by atoms with van der Waals surface area (Å²) in [5, 5.41) is 3.12. The van der Waals surface area contributed by atoms with Gasteiger partial charge in [0.1, 0.15) is 12.5 Å². The van der Waals surface area contributed by atoms with Crippen LogP contribution in [0.2, 0.25) is 0 Å². The molecule has 0 spiro atoms. The van der Waals surface area contributed by atoms with Crippen molar-refractivity contribution >= 4 is 0 Å². The van der Waals surface area contributed by atoms with Crippen LogP contribution >= 0.6 is 0 Å². The average molecular weight is 181 g/mol. The van der Waals surface area contributed by atoms with E-state index in [9.17, 15) is 4.39 Å². The van der Waals surface area contributed by atoms with Crippen molar-refractivity contribution in [2.75, 3.05) is 6.54 Å². The summed E-state index contributed by atoms with van der Waals surface area (Å²) in [6.07, 6.45) is 5.48. The van der Waals surface area contributed by atoms with Crippen LogP contribution in [-0.2, 0) is 0 Å². The SMILES string of the molecule is FC(c1cncnc1)C1CCCN1. The maximum atomic E-state index is 13.7. The number of hydrogen-bond acceptors (Lipinski definition) is 3. The molecule has 3 nitrogen and oxygen atoms in total. The van der Waals surface area contributed by atoms with Crippen LogP contribution in [0, 0.1) is 0 Å². The highest BCUT2D eigenvalue weighted by molar-refractivity contribution is 5.10. The van der Waals surface area contributed by atoms with Crippen molar-refractivity contribution in [3.63, 3.8) is 0 Å². The Hall–Kier alpha value is -1.03. The summed E-state index contributed by atoms with van der Waals surface area (Å²) in [6, 6.07) is -0.0500. The molecule has 1 saturated heterocycles. The smallest absolute Gasteiger partial charge is 0.143 e. The predicted octanol–water partition coefficient (Wildman–Crippen LogP) is 1.24. The van der Waals surface area contributed by atoms with Gasteiger partial charge in [0.05, 0.1) is 0 Å². The zero-order valence-corrected chi connectivity index (χ0v) is 7.28. The van der Waals surface area contributed by atoms with Gasteiger partial charge in [-0.15, -0.1) is 0 Å². The van der Waals surface area contributed by atoms with E-state index in [-0.39, 0.29) is 6.04 Å². The van der Waals surface area contributed by atoms with Crippen LogP contribution in [0.3, 0.4) is 0 Å². The largest absolute Gasteiger partial charge is 0.311 e. The minimum atomic E-state index is -0.969. The van der Waals surface area contributed by atoms with E-state index in [1.165, 1.54) is 18.7 Å². The Balaban J connectivity index is 2.08. The molecular weight excluding hydrogens is 169 g/mol. The third-order valence-corrected chi connectivity index (χ3v) is 2.35. The molecule has 0 radical (unpaired) electrons. The molecule has 13 heavy (non-hydrogen) atoms. The first-order valence-corrected chi connectivity index (χ1v) is 4.50. The fraction of sp³-hybridized carbons (Fsp3) is 0.556. The van der Waals surface area contributed by atoms with Crippen LogP contribution in [0.25, 0.3) is 0 Å². The van der Waals surface area contributed by atoms with E-state index in [1.807, 2.05) is 0 Å². The summed E-state index contributed by atoms with van der Waals surface area (Å²) in [7, 11) is 0. The summed E-state index contributed by atoms with van der Waals surface area (Å²) in [5.41, 5.74) is 0.571. The number of rotatable bonds is 2. The van der Waals surface area contributed by atoms with Crippen LogP contribution in [0.15, 0.2) is 18.7 Å². The van der Waals surface area contributed by atoms with Gasteiger partial charge in [0.15, 0.2) is 0 Å². The molecule has 70 valence electrons. The fourth-order valence-corrected chi connectivity index (χ4v) is 1.65. The van der Waals surface area contributed by atoms with E-state index < -0.39 is 6.17 Å². The second kappa shape index (κ2) is 3.79. The molecule has 0 aliphatic carbocycles. The van der Waals surface area contributed by atoms with Gasteiger partial charge >= 0.3 is 0 Å². The minimum absolute atomic E-state index is 0.0500. The van der Waals surface area contributed by atoms with Crippen LogP contribution < -0.4 is 5.32 Å². The Morgan fingerprint density at radius 3 is 2.85 bits per heavy atom. The Morgan fingerprint density at radius 1 is 1.46 bits per heavy atom. The van der Waals surface area contributed by atoms with Gasteiger partial charge in [0.25, 0.3) is 0 Å². The molecule has 1 N–H and O–H groups in total. The number of nitrogens with one attached hydrogen (secondary N) is 1. The van der Waals surface area contributed by atoms with Crippen LogP contribution in [0.5, 0.6) is 0 Å². The monoisotopic (exact) mass is 181 g/mol. The van der Waals surface area contributed by atoms with Crippen molar-refractivity contribution in [3.05, 3.63) is 24.3 Å². The van der Waals surface area contributed by atoms with Gasteiger partial charge in [0.2, 0.25) is 0 Å². The van der Waals surface area contributed by atoms with Crippen LogP contribution in [-0.4, -0.2) is 22.6 Å². The van der Waals surface area contributed by atoms with Crippen molar-refractivity contribution < 1.29 is 4.39 Å².